The minimum Gasteiger partial charge on any atom is -0.490 e. The van der Waals surface area contributed by atoms with Crippen molar-refractivity contribution in [1.82, 2.24) is 4.90 Å². The normalized spacial score (nSPS) is 12.1. The van der Waals surface area contributed by atoms with Crippen LogP contribution < -0.4 is 4.74 Å². The maximum absolute atomic E-state index is 13.2. The average molecular weight is 397 g/mol. The summed E-state index contributed by atoms with van der Waals surface area (Å²) in [7, 11) is 0. The second-order valence-corrected chi connectivity index (χ2v) is 6.89. The topological polar surface area (TPSA) is 62.9 Å². The summed E-state index contributed by atoms with van der Waals surface area (Å²) in [6, 6.07) is 16.9. The van der Waals surface area contributed by atoms with Gasteiger partial charge >= 0.3 is 0 Å². The van der Waals surface area contributed by atoms with Crippen molar-refractivity contribution in [1.29, 1.82) is 0 Å². The number of aliphatic hydroxyl groups excluding tert-OH is 1. The van der Waals surface area contributed by atoms with Crippen LogP contribution in [-0.2, 0) is 13.1 Å². The fourth-order valence-electron chi connectivity index (χ4n) is 3.08. The molecule has 0 aliphatic heterocycles. The van der Waals surface area contributed by atoms with Crippen LogP contribution in [0.25, 0.3) is 0 Å². The highest BCUT2D eigenvalue weighted by atomic mass is 19.1. The molecule has 0 saturated heterocycles. The van der Waals surface area contributed by atoms with E-state index in [0.717, 1.165) is 11.3 Å². The molecule has 0 spiro atoms. The van der Waals surface area contributed by atoms with Gasteiger partial charge in [-0.05, 0) is 48.9 Å². The number of Topliss-reactive ketones (excluding diaryl/α,β-unsaturated/α-hetero) is 1. The van der Waals surface area contributed by atoms with Crippen LogP contribution in [0.3, 0.4) is 0 Å². The van der Waals surface area contributed by atoms with E-state index >= 15 is 0 Å². The highest BCUT2D eigenvalue weighted by Gasteiger charge is 2.16. The Labute approximate surface area is 169 Å². The van der Waals surface area contributed by atoms with E-state index in [4.69, 9.17) is 9.15 Å². The molecule has 1 heterocycles. The quantitative estimate of drug-likeness (QED) is 0.523. The summed E-state index contributed by atoms with van der Waals surface area (Å²) in [5.41, 5.74) is 1.41. The molecular formula is C23H24FNO4. The first-order chi connectivity index (χ1) is 14.0. The zero-order chi connectivity index (χ0) is 20.6. The molecule has 152 valence electrons. The first-order valence-electron chi connectivity index (χ1n) is 9.41. The summed E-state index contributed by atoms with van der Waals surface area (Å²) < 4.78 is 24.3. The summed E-state index contributed by atoms with van der Waals surface area (Å²) in [6.45, 7) is 2.85. The minimum atomic E-state index is -0.787. The zero-order valence-electron chi connectivity index (χ0n) is 16.3. The lowest BCUT2D eigenvalue weighted by Gasteiger charge is -2.24. The molecular weight excluding hydrogens is 373 g/mol. The van der Waals surface area contributed by atoms with E-state index in [2.05, 4.69) is 0 Å². The van der Waals surface area contributed by atoms with Crippen molar-refractivity contribution in [3.8, 4) is 5.75 Å². The van der Waals surface area contributed by atoms with Gasteiger partial charge in [0, 0.05) is 13.1 Å². The molecule has 6 heteroatoms. The van der Waals surface area contributed by atoms with Crippen LogP contribution in [0.15, 0.2) is 71.3 Å². The number of hydrogen-bond acceptors (Lipinski definition) is 5. The molecule has 0 saturated carbocycles. The van der Waals surface area contributed by atoms with Gasteiger partial charge in [0.1, 0.15) is 30.0 Å². The van der Waals surface area contributed by atoms with Crippen LogP contribution in [0.2, 0.25) is 0 Å². The summed E-state index contributed by atoms with van der Waals surface area (Å²) in [5, 5.41) is 10.5. The maximum atomic E-state index is 13.2. The van der Waals surface area contributed by atoms with Gasteiger partial charge in [0.25, 0.3) is 0 Å². The van der Waals surface area contributed by atoms with Gasteiger partial charge in [-0.1, -0.05) is 24.3 Å². The monoisotopic (exact) mass is 397 g/mol. The fourth-order valence-corrected chi connectivity index (χ4v) is 3.08. The highest BCUT2D eigenvalue weighted by Crippen LogP contribution is 2.19. The number of benzene rings is 2. The van der Waals surface area contributed by atoms with Crippen molar-refractivity contribution in [2.45, 2.75) is 26.1 Å². The highest BCUT2D eigenvalue weighted by molar-refractivity contribution is 5.96. The minimum absolute atomic E-state index is 0.0440. The van der Waals surface area contributed by atoms with Gasteiger partial charge in [0.15, 0.2) is 5.78 Å². The van der Waals surface area contributed by atoms with E-state index in [9.17, 15) is 14.3 Å². The number of furan rings is 1. The molecule has 0 aliphatic rings. The molecule has 0 fully saturated rings. The van der Waals surface area contributed by atoms with Crippen molar-refractivity contribution in [2.75, 3.05) is 13.2 Å². The van der Waals surface area contributed by atoms with Gasteiger partial charge < -0.3 is 14.3 Å². The van der Waals surface area contributed by atoms with Crippen LogP contribution in [-0.4, -0.2) is 35.0 Å². The Hall–Kier alpha value is -2.96. The molecule has 2 aromatic carbocycles. The largest absolute Gasteiger partial charge is 0.490 e. The Kier molecular flexibility index (Phi) is 7.16. The molecule has 1 aromatic heterocycles. The molecule has 5 nitrogen and oxygen atoms in total. The summed E-state index contributed by atoms with van der Waals surface area (Å²) in [6.07, 6.45) is 0.814. The van der Waals surface area contributed by atoms with Crippen LogP contribution >= 0.6 is 0 Å². The third-order valence-electron chi connectivity index (χ3n) is 4.45. The lowest BCUT2D eigenvalue weighted by atomic mass is 10.1. The van der Waals surface area contributed by atoms with E-state index in [1.165, 1.54) is 19.1 Å². The molecule has 0 bridgehead atoms. The molecule has 0 aliphatic carbocycles. The van der Waals surface area contributed by atoms with E-state index in [1.807, 2.05) is 17.0 Å². The third kappa shape index (κ3) is 6.27. The molecule has 3 rings (SSSR count). The van der Waals surface area contributed by atoms with Gasteiger partial charge in [-0.15, -0.1) is 0 Å². The van der Waals surface area contributed by atoms with Crippen molar-refractivity contribution < 1.29 is 23.4 Å². The number of halogens is 1. The van der Waals surface area contributed by atoms with Crippen molar-refractivity contribution in [3.05, 3.63) is 89.6 Å². The van der Waals surface area contributed by atoms with Gasteiger partial charge in [-0.3, -0.25) is 9.69 Å². The number of aliphatic hydroxyl groups is 1. The Bertz CT molecular complexity index is 909. The van der Waals surface area contributed by atoms with Gasteiger partial charge in [-0.25, -0.2) is 4.39 Å². The summed E-state index contributed by atoms with van der Waals surface area (Å²) in [5.74, 6) is 0.840. The number of ether oxygens (including phenoxy) is 1. The molecule has 1 N–H and O–H groups in total. The smallest absolute Gasteiger partial charge is 0.163 e. The Morgan fingerprint density at radius 2 is 1.86 bits per heavy atom. The number of para-hydroxylation sites is 1. The second-order valence-electron chi connectivity index (χ2n) is 6.89. The Balaban J connectivity index is 1.63. The molecule has 1 atom stereocenters. The number of carbonyl (C=O) groups is 1. The predicted molar refractivity (Wildman–Crippen MR) is 107 cm³/mol. The molecule has 1 unspecified atom stereocenters. The van der Waals surface area contributed by atoms with Crippen molar-refractivity contribution >= 4 is 5.78 Å². The van der Waals surface area contributed by atoms with Gasteiger partial charge in [-0.2, -0.15) is 0 Å². The first kappa shape index (κ1) is 20.8. The number of rotatable bonds is 10. The number of carbonyl (C=O) groups excluding carboxylic acids is 1. The van der Waals surface area contributed by atoms with Crippen LogP contribution in [0.1, 0.15) is 28.6 Å². The van der Waals surface area contributed by atoms with E-state index in [1.54, 1.807) is 42.7 Å². The summed E-state index contributed by atoms with van der Waals surface area (Å²) >= 11 is 0. The van der Waals surface area contributed by atoms with E-state index in [-0.39, 0.29) is 18.2 Å². The average Bonchev–Trinajstić information content (AvgIpc) is 3.21. The van der Waals surface area contributed by atoms with Crippen LogP contribution in [0, 0.1) is 5.82 Å². The number of ketones is 1. The zero-order valence-corrected chi connectivity index (χ0v) is 16.3. The Morgan fingerprint density at radius 1 is 1.10 bits per heavy atom. The SMILES string of the molecule is CC(=O)c1ccccc1OCC(O)CN(Cc1ccc(F)cc1)Cc1ccco1. The van der Waals surface area contributed by atoms with Crippen molar-refractivity contribution in [3.63, 3.8) is 0 Å². The molecule has 29 heavy (non-hydrogen) atoms. The second kappa shape index (κ2) is 10.0. The lowest BCUT2D eigenvalue weighted by molar-refractivity contribution is 0.0599. The maximum Gasteiger partial charge on any atom is 0.163 e. The molecule has 0 radical (unpaired) electrons. The third-order valence-corrected chi connectivity index (χ3v) is 4.45. The summed E-state index contributed by atoms with van der Waals surface area (Å²) in [4.78, 5) is 13.7. The lowest BCUT2D eigenvalue weighted by Crippen LogP contribution is -2.35. The Morgan fingerprint density at radius 3 is 2.55 bits per heavy atom. The van der Waals surface area contributed by atoms with Crippen LogP contribution in [0.4, 0.5) is 4.39 Å². The fraction of sp³-hybridized carbons (Fsp3) is 0.261. The van der Waals surface area contributed by atoms with Crippen molar-refractivity contribution in [2.24, 2.45) is 0 Å². The van der Waals surface area contributed by atoms with Gasteiger partial charge in [0.2, 0.25) is 0 Å². The van der Waals surface area contributed by atoms with Gasteiger partial charge in [0.05, 0.1) is 18.4 Å². The molecule has 3 aromatic rings. The van der Waals surface area contributed by atoms with E-state index < -0.39 is 6.10 Å². The molecule has 0 amide bonds. The first-order valence-corrected chi connectivity index (χ1v) is 9.41. The van der Waals surface area contributed by atoms with E-state index in [0.29, 0.717) is 30.9 Å². The standard InChI is InChI=1S/C23H24FNO4/c1-17(26)22-6-2-3-7-23(22)29-16-20(27)14-25(15-21-5-4-12-28-21)13-18-8-10-19(24)11-9-18/h2-12,20,27H,13-16H2,1H3. The predicted octanol–water partition coefficient (Wildman–Crippen LogP) is 4.06. The number of nitrogens with zero attached hydrogens (tertiary/aromatic N) is 1. The van der Waals surface area contributed by atoms with Crippen LogP contribution in [0.5, 0.6) is 5.75 Å². The number of hydrogen-bond donors (Lipinski definition) is 1.